The quantitative estimate of drug-likeness (QED) is 0.166. The van der Waals surface area contributed by atoms with Gasteiger partial charge in [-0.25, -0.2) is 18.1 Å². The van der Waals surface area contributed by atoms with Crippen LogP contribution in [0, 0.1) is 0 Å². The predicted octanol–water partition coefficient (Wildman–Crippen LogP) is 7.07. The fraction of sp³-hybridized carbons (Fsp3) is 0.206. The fourth-order valence-electron chi connectivity index (χ4n) is 5.35. The lowest BCUT2D eigenvalue weighted by Crippen LogP contribution is -2.32. The summed E-state index contributed by atoms with van der Waals surface area (Å²) in [4.78, 5) is 4.31. The highest BCUT2D eigenvalue weighted by Gasteiger charge is 2.33. The van der Waals surface area contributed by atoms with Crippen molar-refractivity contribution >= 4 is 33.2 Å². The van der Waals surface area contributed by atoms with Gasteiger partial charge in [-0.3, -0.25) is 0 Å². The van der Waals surface area contributed by atoms with Crippen molar-refractivity contribution in [1.82, 2.24) is 14.3 Å². The van der Waals surface area contributed by atoms with Crippen LogP contribution in [0.15, 0.2) is 114 Å². The van der Waals surface area contributed by atoms with Crippen LogP contribution in [-0.2, 0) is 39.2 Å². The number of sulfonamides is 1. The first-order valence-electron chi connectivity index (χ1n) is 14.4. The summed E-state index contributed by atoms with van der Waals surface area (Å²) in [6, 6.07) is 31.6. The molecule has 1 saturated heterocycles. The van der Waals surface area contributed by atoms with Crippen LogP contribution in [0.3, 0.4) is 0 Å². The topological polar surface area (TPSA) is 103 Å². The molecule has 0 amide bonds. The third-order valence-corrected chi connectivity index (χ3v) is 9.95. The van der Waals surface area contributed by atoms with Gasteiger partial charge in [-0.15, -0.1) is 0 Å². The van der Waals surface area contributed by atoms with Gasteiger partial charge in [0.2, 0.25) is 10.0 Å². The Kier molecular flexibility index (Phi) is 9.67. The van der Waals surface area contributed by atoms with Gasteiger partial charge in [-0.2, -0.15) is 0 Å². The number of aliphatic hydroxyl groups excluding tert-OH is 1. The molecule has 45 heavy (non-hydrogen) atoms. The van der Waals surface area contributed by atoms with Crippen molar-refractivity contribution in [1.29, 1.82) is 0 Å². The highest BCUT2D eigenvalue weighted by molar-refractivity contribution is 7.89. The number of ether oxygens (including phenoxy) is 2. The van der Waals surface area contributed by atoms with E-state index in [0.717, 1.165) is 33.4 Å². The molecule has 0 saturated carbocycles. The summed E-state index contributed by atoms with van der Waals surface area (Å²) in [7, 11) is -3.66. The highest BCUT2D eigenvalue weighted by atomic mass is 35.5. The molecule has 1 aliphatic rings. The lowest BCUT2D eigenvalue weighted by molar-refractivity contribution is -0.252. The maximum Gasteiger partial charge on any atom is 0.240 e. The van der Waals surface area contributed by atoms with Crippen molar-refractivity contribution in [2.45, 2.75) is 49.5 Å². The van der Waals surface area contributed by atoms with Gasteiger partial charge in [-0.05, 0) is 39.9 Å². The molecular formula is C34H31Cl2N3O5S. The van der Waals surface area contributed by atoms with Crippen molar-refractivity contribution in [2.75, 3.05) is 0 Å². The maximum atomic E-state index is 12.8. The van der Waals surface area contributed by atoms with Gasteiger partial charge in [0.15, 0.2) is 11.4 Å². The van der Waals surface area contributed by atoms with E-state index in [-0.39, 0.29) is 35.4 Å². The lowest BCUT2D eigenvalue weighted by Gasteiger charge is -2.36. The molecule has 1 aliphatic heterocycles. The Labute approximate surface area is 272 Å². The molecule has 1 fully saturated rings. The van der Waals surface area contributed by atoms with Crippen molar-refractivity contribution in [3.63, 3.8) is 0 Å². The molecule has 0 aliphatic carbocycles. The number of hydrogen-bond donors (Lipinski definition) is 2. The zero-order chi connectivity index (χ0) is 31.4. The van der Waals surface area contributed by atoms with Gasteiger partial charge in [0.05, 0.1) is 36.6 Å². The summed E-state index contributed by atoms with van der Waals surface area (Å²) in [5.41, 5.74) is 5.31. The molecule has 8 nitrogen and oxygen atoms in total. The summed E-state index contributed by atoms with van der Waals surface area (Å²) in [5.74, 6) is 0. The molecule has 2 heterocycles. The number of halogens is 2. The first-order valence-corrected chi connectivity index (χ1v) is 16.6. The number of hydrogen-bond acceptors (Lipinski definition) is 6. The number of nitrogens with one attached hydrogen (secondary N) is 1. The van der Waals surface area contributed by atoms with E-state index in [0.29, 0.717) is 18.1 Å². The van der Waals surface area contributed by atoms with Gasteiger partial charge in [-0.1, -0.05) is 114 Å². The van der Waals surface area contributed by atoms with Gasteiger partial charge in [0.1, 0.15) is 5.15 Å². The van der Waals surface area contributed by atoms with Gasteiger partial charge in [0, 0.05) is 18.5 Å². The second kappa shape index (κ2) is 13.8. The van der Waals surface area contributed by atoms with Crippen LogP contribution < -0.4 is 4.72 Å². The molecule has 1 aromatic heterocycles. The molecule has 0 radical (unpaired) electrons. The summed E-state index contributed by atoms with van der Waals surface area (Å²) < 4.78 is 43.0. The smallest absolute Gasteiger partial charge is 0.240 e. The Bertz CT molecular complexity index is 1850. The molecule has 0 spiro atoms. The van der Waals surface area contributed by atoms with E-state index in [4.69, 9.17) is 32.7 Å². The molecule has 0 bridgehead atoms. The second-order valence-electron chi connectivity index (χ2n) is 10.7. The van der Waals surface area contributed by atoms with Crippen LogP contribution in [0.1, 0.15) is 41.1 Å². The Morgan fingerprint density at radius 1 is 0.867 bits per heavy atom. The first kappa shape index (κ1) is 31.4. The first-order chi connectivity index (χ1) is 21.8. The van der Waals surface area contributed by atoms with E-state index in [1.54, 1.807) is 41.2 Å². The predicted molar refractivity (Wildman–Crippen MR) is 173 cm³/mol. The van der Waals surface area contributed by atoms with E-state index < -0.39 is 16.3 Å². The summed E-state index contributed by atoms with van der Waals surface area (Å²) >= 11 is 12.4. The molecule has 4 aromatic carbocycles. The molecule has 232 valence electrons. The normalized spacial score (nSPS) is 18.6. The van der Waals surface area contributed by atoms with Gasteiger partial charge in [0.25, 0.3) is 0 Å². The van der Waals surface area contributed by atoms with E-state index in [1.807, 2.05) is 72.8 Å². The third kappa shape index (κ3) is 7.31. The molecule has 11 heteroatoms. The minimum Gasteiger partial charge on any atom is -0.392 e. The molecular weight excluding hydrogens is 633 g/mol. The van der Waals surface area contributed by atoms with Crippen molar-refractivity contribution in [3.05, 3.63) is 142 Å². The third-order valence-electron chi connectivity index (χ3n) is 7.77. The number of benzene rings is 4. The van der Waals surface area contributed by atoms with Crippen LogP contribution >= 0.6 is 23.2 Å². The highest BCUT2D eigenvalue weighted by Crippen LogP contribution is 2.39. The van der Waals surface area contributed by atoms with Crippen molar-refractivity contribution < 1.29 is 23.0 Å². The number of nitrogens with zero attached hydrogens (tertiary/aromatic N) is 2. The summed E-state index contributed by atoms with van der Waals surface area (Å²) in [5, 5.41) is 10.1. The molecule has 3 unspecified atom stereocenters. The average molecular weight is 665 g/mol. The standard InChI is InChI=1S/C34H31Cl2N3O5S/c35-32-33(36)39(22-37-32)20-28-18-31(25-12-10-23(21-40)11-13-25)44-34(43-28)26-16-14-24(15-17-26)30-9-5-4-6-27(30)19-38-45(41,42)29-7-2-1-3-8-29/h1-17,22,28,31,34,38,40H,18-21H2. The average Bonchev–Trinajstić information content (AvgIpc) is 3.40. The Hall–Kier alpha value is -3.54. The minimum atomic E-state index is -3.66. The SMILES string of the molecule is O=S(=O)(NCc1ccccc1-c1ccc(C2OC(Cn3cnc(Cl)c3Cl)CC(c3ccc(CO)cc3)O2)cc1)c1ccccc1. The molecule has 3 atom stereocenters. The maximum absolute atomic E-state index is 12.8. The molecule has 5 aromatic rings. The molecule has 2 N–H and O–H groups in total. The number of aliphatic hydroxyl groups is 1. The van der Waals surface area contributed by atoms with E-state index >= 15 is 0 Å². The zero-order valence-corrected chi connectivity index (χ0v) is 26.4. The largest absolute Gasteiger partial charge is 0.392 e. The van der Waals surface area contributed by atoms with Crippen molar-refractivity contribution in [3.8, 4) is 11.1 Å². The number of aromatic nitrogens is 2. The van der Waals surface area contributed by atoms with Gasteiger partial charge >= 0.3 is 0 Å². The Morgan fingerprint density at radius 2 is 1.56 bits per heavy atom. The van der Waals surface area contributed by atoms with E-state index in [2.05, 4.69) is 9.71 Å². The summed E-state index contributed by atoms with van der Waals surface area (Å²) in [6.45, 7) is 0.547. The second-order valence-corrected chi connectivity index (χ2v) is 13.2. The number of rotatable bonds is 10. The Balaban J connectivity index is 1.22. The summed E-state index contributed by atoms with van der Waals surface area (Å²) in [6.07, 6.45) is 0.983. The van der Waals surface area contributed by atoms with Crippen LogP contribution in [-0.4, -0.2) is 29.2 Å². The monoisotopic (exact) mass is 663 g/mol. The molecule has 6 rings (SSSR count). The van der Waals surface area contributed by atoms with E-state index in [1.165, 1.54) is 0 Å². The van der Waals surface area contributed by atoms with Gasteiger partial charge < -0.3 is 19.1 Å². The number of imidazole rings is 1. The minimum absolute atomic E-state index is 0.0333. The van der Waals surface area contributed by atoms with Crippen LogP contribution in [0.5, 0.6) is 0 Å². The lowest BCUT2D eigenvalue weighted by atomic mass is 9.97. The van der Waals surface area contributed by atoms with Crippen molar-refractivity contribution in [2.24, 2.45) is 0 Å². The van der Waals surface area contributed by atoms with Crippen LogP contribution in [0.2, 0.25) is 10.3 Å². The van der Waals surface area contributed by atoms with Crippen LogP contribution in [0.4, 0.5) is 0 Å². The van der Waals surface area contributed by atoms with E-state index in [9.17, 15) is 13.5 Å². The van der Waals surface area contributed by atoms with Crippen LogP contribution in [0.25, 0.3) is 11.1 Å². The zero-order valence-electron chi connectivity index (χ0n) is 24.1. The Morgan fingerprint density at radius 3 is 2.24 bits per heavy atom. The fourth-order valence-corrected chi connectivity index (χ4v) is 6.70.